The largest absolute Gasteiger partial charge is 0.438 e. The molecule has 0 aliphatic rings. The molecule has 206 valence electrons. The van der Waals surface area contributed by atoms with Crippen LogP contribution in [-0.2, 0) is 0 Å². The monoisotopic (exact) mass is 582 g/mol. The number of aromatic nitrogens is 4. The van der Waals surface area contributed by atoms with Gasteiger partial charge in [-0.1, -0.05) is 97.1 Å². The Hall–Kier alpha value is -5.72. The molecule has 6 heteroatoms. The molecule has 9 rings (SSSR count). The topological polar surface area (TPSA) is 64.7 Å². The van der Waals surface area contributed by atoms with Crippen molar-refractivity contribution in [2.24, 2.45) is 0 Å². The minimum absolute atomic E-state index is 0.553. The van der Waals surface area contributed by atoms with E-state index < -0.39 is 0 Å². The highest BCUT2D eigenvalue weighted by molar-refractivity contribution is 7.25. The van der Waals surface area contributed by atoms with Crippen LogP contribution in [0.2, 0.25) is 0 Å². The summed E-state index contributed by atoms with van der Waals surface area (Å²) in [6, 6.07) is 43.5. The third kappa shape index (κ3) is 4.00. The lowest BCUT2D eigenvalue weighted by molar-refractivity contribution is 0.654. The lowest BCUT2D eigenvalue weighted by Crippen LogP contribution is -2.00. The summed E-state index contributed by atoms with van der Waals surface area (Å²) in [7, 11) is 0. The smallest absolute Gasteiger partial charge is 0.228 e. The molecule has 5 aromatic carbocycles. The minimum Gasteiger partial charge on any atom is -0.438 e. The Labute approximate surface area is 256 Å². The van der Waals surface area contributed by atoms with Gasteiger partial charge in [0.2, 0.25) is 5.71 Å². The molecule has 0 atom stereocenters. The molecule has 9 aromatic rings. The highest BCUT2D eigenvalue weighted by Crippen LogP contribution is 2.42. The molecule has 44 heavy (non-hydrogen) atoms. The van der Waals surface area contributed by atoms with E-state index in [-0.39, 0.29) is 0 Å². The average molecular weight is 583 g/mol. The summed E-state index contributed by atoms with van der Waals surface area (Å²) in [5.41, 5.74) is 6.32. The second kappa shape index (κ2) is 9.93. The van der Waals surface area contributed by atoms with Gasteiger partial charge in [0.25, 0.3) is 0 Å². The summed E-state index contributed by atoms with van der Waals surface area (Å²) in [5, 5.41) is 4.40. The number of fused-ring (bicyclic) bond motifs is 6. The van der Waals surface area contributed by atoms with Gasteiger partial charge in [-0.2, -0.15) is 0 Å². The van der Waals surface area contributed by atoms with E-state index in [0.29, 0.717) is 23.2 Å². The van der Waals surface area contributed by atoms with Crippen LogP contribution in [0, 0.1) is 0 Å². The van der Waals surface area contributed by atoms with E-state index in [2.05, 4.69) is 65.6 Å². The number of benzene rings is 5. The van der Waals surface area contributed by atoms with Crippen LogP contribution < -0.4 is 0 Å². The molecule has 0 unspecified atom stereocenters. The molecule has 0 spiro atoms. The molecule has 0 aliphatic carbocycles. The number of hydrogen-bond acceptors (Lipinski definition) is 6. The molecule has 0 saturated carbocycles. The van der Waals surface area contributed by atoms with Crippen molar-refractivity contribution in [1.82, 2.24) is 19.9 Å². The Morgan fingerprint density at radius 1 is 0.477 bits per heavy atom. The van der Waals surface area contributed by atoms with Gasteiger partial charge in [0, 0.05) is 48.4 Å². The van der Waals surface area contributed by atoms with Crippen molar-refractivity contribution in [1.29, 1.82) is 0 Å². The fraction of sp³-hybridized carbons (Fsp3) is 0. The zero-order valence-electron chi connectivity index (χ0n) is 23.3. The molecule has 5 nitrogen and oxygen atoms in total. The van der Waals surface area contributed by atoms with Crippen LogP contribution in [0.15, 0.2) is 138 Å². The van der Waals surface area contributed by atoms with Crippen LogP contribution in [0.4, 0.5) is 0 Å². The summed E-state index contributed by atoms with van der Waals surface area (Å²) in [5.74, 6) is 1.81. The second-order valence-corrected chi connectivity index (χ2v) is 11.8. The first-order chi connectivity index (χ1) is 21.8. The van der Waals surface area contributed by atoms with Crippen LogP contribution in [0.1, 0.15) is 0 Å². The summed E-state index contributed by atoms with van der Waals surface area (Å²) in [6.45, 7) is 0. The molecule has 0 bridgehead atoms. The molecule has 0 saturated heterocycles. The van der Waals surface area contributed by atoms with Crippen molar-refractivity contribution in [3.8, 4) is 45.3 Å². The van der Waals surface area contributed by atoms with Crippen LogP contribution in [0.3, 0.4) is 0 Å². The Bertz CT molecular complexity index is 2440. The Morgan fingerprint density at radius 3 is 1.93 bits per heavy atom. The fourth-order valence-corrected chi connectivity index (χ4v) is 7.13. The van der Waals surface area contributed by atoms with Crippen LogP contribution in [-0.4, -0.2) is 19.9 Å². The standard InChI is InChI=1S/C38H22N4OS/c1-3-10-23(11-4-1)35-40-36(24-12-5-2-6-13-24)42-37(41-35)29-20-21-39-38-34(29)27-19-18-25(22-30(27)43-38)26-15-9-17-32-33(26)28-14-7-8-16-31(28)44-32/h1-22H. The van der Waals surface area contributed by atoms with E-state index in [0.717, 1.165) is 38.6 Å². The number of hydrogen-bond donors (Lipinski definition) is 0. The predicted octanol–water partition coefficient (Wildman–Crippen LogP) is 10.2. The number of pyridine rings is 1. The van der Waals surface area contributed by atoms with Gasteiger partial charge in [-0.05, 0) is 41.5 Å². The molecule has 0 aliphatic heterocycles. The van der Waals surface area contributed by atoms with Gasteiger partial charge in [-0.3, -0.25) is 0 Å². The normalized spacial score (nSPS) is 11.6. The van der Waals surface area contributed by atoms with Gasteiger partial charge in [0.15, 0.2) is 17.5 Å². The quantitative estimate of drug-likeness (QED) is 0.207. The first-order valence-electron chi connectivity index (χ1n) is 14.4. The maximum atomic E-state index is 6.41. The number of nitrogens with zero attached hydrogens (tertiary/aromatic N) is 4. The predicted molar refractivity (Wildman–Crippen MR) is 180 cm³/mol. The van der Waals surface area contributed by atoms with E-state index in [1.165, 1.54) is 25.7 Å². The van der Waals surface area contributed by atoms with Crippen molar-refractivity contribution >= 4 is 53.6 Å². The van der Waals surface area contributed by atoms with Gasteiger partial charge in [-0.15, -0.1) is 11.3 Å². The van der Waals surface area contributed by atoms with E-state index in [9.17, 15) is 0 Å². The zero-order valence-corrected chi connectivity index (χ0v) is 24.1. The molecular formula is C38H22N4OS. The second-order valence-electron chi connectivity index (χ2n) is 10.7. The fourth-order valence-electron chi connectivity index (χ4n) is 6.00. The third-order valence-electron chi connectivity index (χ3n) is 8.03. The van der Waals surface area contributed by atoms with Gasteiger partial charge in [0.05, 0.1) is 5.39 Å². The maximum Gasteiger partial charge on any atom is 0.228 e. The number of rotatable bonds is 4. The average Bonchev–Trinajstić information content (AvgIpc) is 3.67. The zero-order chi connectivity index (χ0) is 29.0. The van der Waals surface area contributed by atoms with Gasteiger partial charge in [-0.25, -0.2) is 19.9 Å². The van der Waals surface area contributed by atoms with Crippen molar-refractivity contribution in [3.05, 3.63) is 134 Å². The molecule has 0 fully saturated rings. The maximum absolute atomic E-state index is 6.41. The Kier molecular flexibility index (Phi) is 5.61. The highest BCUT2D eigenvalue weighted by Gasteiger charge is 2.19. The Morgan fingerprint density at radius 2 is 1.16 bits per heavy atom. The van der Waals surface area contributed by atoms with E-state index in [1.54, 1.807) is 6.20 Å². The van der Waals surface area contributed by atoms with Gasteiger partial charge in [0.1, 0.15) is 5.58 Å². The van der Waals surface area contributed by atoms with Crippen molar-refractivity contribution < 1.29 is 4.42 Å². The van der Waals surface area contributed by atoms with Gasteiger partial charge < -0.3 is 4.42 Å². The first-order valence-corrected chi connectivity index (χ1v) is 15.2. The summed E-state index contributed by atoms with van der Waals surface area (Å²) in [6.07, 6.45) is 1.76. The molecular weight excluding hydrogens is 561 g/mol. The number of furan rings is 1. The van der Waals surface area contributed by atoms with E-state index in [4.69, 9.17) is 19.4 Å². The third-order valence-corrected chi connectivity index (χ3v) is 9.16. The summed E-state index contributed by atoms with van der Waals surface area (Å²) in [4.78, 5) is 19.4. The van der Waals surface area contributed by atoms with Crippen LogP contribution in [0.5, 0.6) is 0 Å². The van der Waals surface area contributed by atoms with E-state index in [1.807, 2.05) is 78.1 Å². The SMILES string of the molecule is c1ccc(-c2nc(-c3ccccc3)nc(-c3ccnc4oc5cc(-c6cccc7sc8ccccc8c67)ccc5c34)n2)cc1. The van der Waals surface area contributed by atoms with Crippen molar-refractivity contribution in [2.45, 2.75) is 0 Å². The highest BCUT2D eigenvalue weighted by atomic mass is 32.1. The van der Waals surface area contributed by atoms with Crippen molar-refractivity contribution in [2.75, 3.05) is 0 Å². The van der Waals surface area contributed by atoms with Gasteiger partial charge >= 0.3 is 0 Å². The molecule has 0 N–H and O–H groups in total. The number of thiophene rings is 1. The summed E-state index contributed by atoms with van der Waals surface area (Å²) < 4.78 is 8.97. The molecule has 4 heterocycles. The van der Waals surface area contributed by atoms with E-state index >= 15 is 0 Å². The van der Waals surface area contributed by atoms with Crippen molar-refractivity contribution in [3.63, 3.8) is 0 Å². The van der Waals surface area contributed by atoms with Crippen LogP contribution in [0.25, 0.3) is 87.5 Å². The molecule has 4 aromatic heterocycles. The lowest BCUT2D eigenvalue weighted by atomic mass is 9.98. The lowest BCUT2D eigenvalue weighted by Gasteiger charge is -2.09. The first kappa shape index (κ1) is 24.8. The summed E-state index contributed by atoms with van der Waals surface area (Å²) >= 11 is 1.82. The minimum atomic E-state index is 0.553. The van der Waals surface area contributed by atoms with Crippen LogP contribution >= 0.6 is 11.3 Å². The molecule has 0 amide bonds. The molecule has 0 radical (unpaired) electrons. The Balaban J connectivity index is 1.25.